The van der Waals surface area contributed by atoms with Crippen LogP contribution >= 0.6 is 11.8 Å². The summed E-state index contributed by atoms with van der Waals surface area (Å²) < 4.78 is 10.1. The van der Waals surface area contributed by atoms with E-state index in [1.165, 1.54) is 23.8 Å². The molecule has 0 aliphatic carbocycles. The average molecular weight is 362 g/mol. The molecule has 8 heteroatoms. The third-order valence-electron chi connectivity index (χ3n) is 3.97. The van der Waals surface area contributed by atoms with Crippen LogP contribution in [-0.2, 0) is 19.1 Å². The molecule has 2 aliphatic rings. The van der Waals surface area contributed by atoms with Crippen molar-refractivity contribution in [3.8, 4) is 5.75 Å². The largest absolute Gasteiger partial charge is 0.484 e. The number of ether oxygens (including phenoxy) is 2. The van der Waals surface area contributed by atoms with Gasteiger partial charge in [0.1, 0.15) is 22.9 Å². The van der Waals surface area contributed by atoms with Crippen molar-refractivity contribution in [2.75, 3.05) is 19.5 Å². The molecule has 1 N–H and O–H groups in total. The van der Waals surface area contributed by atoms with Crippen LogP contribution < -0.4 is 10.1 Å². The van der Waals surface area contributed by atoms with E-state index in [0.29, 0.717) is 11.5 Å². The number of amides is 2. The quantitative estimate of drug-likeness (QED) is 0.619. The number of thioether (sulfide) groups is 1. The van der Waals surface area contributed by atoms with Gasteiger partial charge >= 0.3 is 5.97 Å². The van der Waals surface area contributed by atoms with Crippen LogP contribution in [0.15, 0.2) is 41.6 Å². The molecular weight excluding hydrogens is 344 g/mol. The molecule has 2 aliphatic heterocycles. The van der Waals surface area contributed by atoms with Gasteiger partial charge < -0.3 is 14.8 Å². The molecule has 0 saturated carbocycles. The molecule has 2 heterocycles. The molecule has 2 unspecified atom stereocenters. The molecule has 3 rings (SSSR count). The fraction of sp³-hybridized carbons (Fsp3) is 0.353. The Balaban J connectivity index is 1.60. The topological polar surface area (TPSA) is 84.9 Å². The van der Waals surface area contributed by atoms with Crippen molar-refractivity contribution in [2.24, 2.45) is 0 Å². The number of carbonyl (C=O) groups excluding carboxylic acids is 3. The molecule has 0 spiro atoms. The summed E-state index contributed by atoms with van der Waals surface area (Å²) in [5, 5.41) is 2.38. The van der Waals surface area contributed by atoms with E-state index in [0.717, 1.165) is 5.57 Å². The monoisotopic (exact) mass is 362 g/mol. The predicted octanol–water partition coefficient (Wildman–Crippen LogP) is 0.912. The zero-order chi connectivity index (χ0) is 18.0. The number of β-lactam (4-membered cyclic amide) rings is 1. The highest BCUT2D eigenvalue weighted by Gasteiger charge is 2.53. The minimum Gasteiger partial charge on any atom is -0.484 e. The second kappa shape index (κ2) is 7.18. The minimum atomic E-state index is -0.662. The Hall–Kier alpha value is -2.48. The standard InChI is InChI=1S/C17H18N2O5S/c1-10-9-25-16-13(15(21)19(16)14(10)17(22)23-2)18-12(20)8-24-11-6-4-3-5-7-11/h3-7,13,16H,8-9H2,1-2H3,(H,18,20). The fourth-order valence-corrected chi connectivity index (χ4v) is 4.03. The number of hydrogen-bond donors (Lipinski definition) is 1. The zero-order valence-corrected chi connectivity index (χ0v) is 14.7. The summed E-state index contributed by atoms with van der Waals surface area (Å²) in [7, 11) is 1.28. The molecule has 1 fully saturated rings. The molecule has 1 saturated heterocycles. The zero-order valence-electron chi connectivity index (χ0n) is 13.9. The third-order valence-corrected chi connectivity index (χ3v) is 5.39. The van der Waals surface area contributed by atoms with E-state index in [-0.39, 0.29) is 29.5 Å². The summed E-state index contributed by atoms with van der Waals surface area (Å²) in [6, 6.07) is 8.30. The molecule has 0 radical (unpaired) electrons. The Kier molecular flexibility index (Phi) is 4.98. The summed E-state index contributed by atoms with van der Waals surface area (Å²) in [5.74, 6) is -0.0457. The molecular formula is C17H18N2O5S. The van der Waals surface area contributed by atoms with Crippen LogP contribution in [0.3, 0.4) is 0 Å². The lowest BCUT2D eigenvalue weighted by Crippen LogP contribution is -2.70. The Bertz CT molecular complexity index is 734. The first-order valence-electron chi connectivity index (χ1n) is 7.73. The number of esters is 1. The van der Waals surface area contributed by atoms with E-state index in [2.05, 4.69) is 5.32 Å². The van der Waals surface area contributed by atoms with Gasteiger partial charge in [0, 0.05) is 5.75 Å². The van der Waals surface area contributed by atoms with E-state index in [1.54, 1.807) is 19.1 Å². The highest BCUT2D eigenvalue weighted by molar-refractivity contribution is 8.00. The van der Waals surface area contributed by atoms with Gasteiger partial charge in [0.2, 0.25) is 0 Å². The Morgan fingerprint density at radius 1 is 1.32 bits per heavy atom. The smallest absolute Gasteiger partial charge is 0.354 e. The molecule has 2 atom stereocenters. The van der Waals surface area contributed by atoms with Crippen molar-refractivity contribution in [1.29, 1.82) is 0 Å². The van der Waals surface area contributed by atoms with E-state index in [9.17, 15) is 14.4 Å². The number of para-hydroxylation sites is 1. The lowest BCUT2D eigenvalue weighted by atomic mass is 10.0. The van der Waals surface area contributed by atoms with Gasteiger partial charge in [0.05, 0.1) is 7.11 Å². The van der Waals surface area contributed by atoms with Gasteiger partial charge in [-0.15, -0.1) is 11.8 Å². The number of nitrogens with zero attached hydrogens (tertiary/aromatic N) is 1. The molecule has 2 amide bonds. The highest BCUT2D eigenvalue weighted by Crippen LogP contribution is 2.40. The SMILES string of the molecule is COC(=O)C1=C(C)CSC2C(NC(=O)COc3ccccc3)C(=O)N12. The maximum absolute atomic E-state index is 12.4. The second-order valence-electron chi connectivity index (χ2n) is 5.68. The Morgan fingerprint density at radius 2 is 2.04 bits per heavy atom. The third kappa shape index (κ3) is 3.34. The summed E-state index contributed by atoms with van der Waals surface area (Å²) >= 11 is 1.50. The van der Waals surface area contributed by atoms with Gasteiger partial charge in [0.15, 0.2) is 6.61 Å². The normalized spacial score (nSPS) is 22.0. The first kappa shape index (κ1) is 17.3. The number of hydrogen-bond acceptors (Lipinski definition) is 6. The molecule has 132 valence electrons. The predicted molar refractivity (Wildman–Crippen MR) is 91.7 cm³/mol. The van der Waals surface area contributed by atoms with Crippen molar-refractivity contribution in [2.45, 2.75) is 18.3 Å². The van der Waals surface area contributed by atoms with Gasteiger partial charge in [-0.25, -0.2) is 4.79 Å². The molecule has 7 nitrogen and oxygen atoms in total. The first-order valence-corrected chi connectivity index (χ1v) is 8.77. The summed E-state index contributed by atoms with van der Waals surface area (Å²) in [6.07, 6.45) is 0. The summed E-state index contributed by atoms with van der Waals surface area (Å²) in [4.78, 5) is 37.8. The van der Waals surface area contributed by atoms with Gasteiger partial charge in [-0.1, -0.05) is 18.2 Å². The van der Waals surface area contributed by atoms with E-state index < -0.39 is 12.0 Å². The molecule has 25 heavy (non-hydrogen) atoms. The first-order chi connectivity index (χ1) is 12.0. The molecule has 1 aromatic carbocycles. The van der Waals surface area contributed by atoms with Crippen LogP contribution in [0.4, 0.5) is 0 Å². The number of nitrogens with one attached hydrogen (secondary N) is 1. The van der Waals surface area contributed by atoms with Crippen LogP contribution in [0.5, 0.6) is 5.75 Å². The molecule has 0 aromatic heterocycles. The van der Waals surface area contributed by atoms with Crippen molar-refractivity contribution in [3.63, 3.8) is 0 Å². The number of benzene rings is 1. The van der Waals surface area contributed by atoms with E-state index in [1.807, 2.05) is 18.2 Å². The summed E-state index contributed by atoms with van der Waals surface area (Å²) in [5.41, 5.74) is 1.07. The number of methoxy groups -OCH3 is 1. The van der Waals surface area contributed by atoms with Gasteiger partial charge in [-0.3, -0.25) is 14.5 Å². The lowest BCUT2D eigenvalue weighted by Gasteiger charge is -2.49. The average Bonchev–Trinajstić information content (AvgIpc) is 2.64. The maximum atomic E-state index is 12.4. The fourth-order valence-electron chi connectivity index (χ4n) is 2.74. The van der Waals surface area contributed by atoms with Gasteiger partial charge in [-0.05, 0) is 24.6 Å². The van der Waals surface area contributed by atoms with Crippen molar-refractivity contribution >= 4 is 29.5 Å². The Labute approximate surface area is 149 Å². The van der Waals surface area contributed by atoms with Gasteiger partial charge in [0.25, 0.3) is 11.8 Å². The molecule has 1 aromatic rings. The Morgan fingerprint density at radius 3 is 2.72 bits per heavy atom. The lowest BCUT2D eigenvalue weighted by molar-refractivity contribution is -0.152. The van der Waals surface area contributed by atoms with Crippen LogP contribution in [-0.4, -0.2) is 53.6 Å². The second-order valence-corrected chi connectivity index (χ2v) is 6.78. The maximum Gasteiger partial charge on any atom is 0.354 e. The van der Waals surface area contributed by atoms with Crippen LogP contribution in [0.1, 0.15) is 6.92 Å². The number of carbonyl (C=O) groups is 3. The van der Waals surface area contributed by atoms with E-state index >= 15 is 0 Å². The molecule has 0 bridgehead atoms. The number of rotatable bonds is 5. The van der Waals surface area contributed by atoms with Gasteiger partial charge in [-0.2, -0.15) is 0 Å². The minimum absolute atomic E-state index is 0.177. The van der Waals surface area contributed by atoms with Crippen molar-refractivity contribution in [1.82, 2.24) is 10.2 Å². The van der Waals surface area contributed by atoms with Crippen molar-refractivity contribution in [3.05, 3.63) is 41.6 Å². The van der Waals surface area contributed by atoms with Crippen LogP contribution in [0.2, 0.25) is 0 Å². The van der Waals surface area contributed by atoms with E-state index in [4.69, 9.17) is 9.47 Å². The van der Waals surface area contributed by atoms with Crippen LogP contribution in [0.25, 0.3) is 0 Å². The number of fused-ring (bicyclic) bond motifs is 1. The van der Waals surface area contributed by atoms with Crippen LogP contribution in [0, 0.1) is 0 Å². The van der Waals surface area contributed by atoms with Crippen molar-refractivity contribution < 1.29 is 23.9 Å². The highest BCUT2D eigenvalue weighted by atomic mass is 32.2. The summed E-state index contributed by atoms with van der Waals surface area (Å²) in [6.45, 7) is 1.62.